The zero-order valence-electron chi connectivity index (χ0n) is 10.1. The second-order valence-electron chi connectivity index (χ2n) is 4.43. The molecule has 0 saturated carbocycles. The number of hydrogen-bond acceptors (Lipinski definition) is 1. The molecule has 0 bridgehead atoms. The van der Waals surface area contributed by atoms with Crippen LogP contribution in [0.2, 0.25) is 0 Å². The lowest BCUT2D eigenvalue weighted by atomic mass is 9.94. The van der Waals surface area contributed by atoms with E-state index in [0.717, 1.165) is 6.42 Å². The van der Waals surface area contributed by atoms with Crippen molar-refractivity contribution in [3.8, 4) is 0 Å². The maximum atomic E-state index is 13.4. The summed E-state index contributed by atoms with van der Waals surface area (Å²) in [5.74, 6) is -0.623. The van der Waals surface area contributed by atoms with Crippen LogP contribution in [0.4, 0.5) is 8.78 Å². The largest absolute Gasteiger partial charge is 0.317 e. The summed E-state index contributed by atoms with van der Waals surface area (Å²) in [5.41, 5.74) is 0.207. The van der Waals surface area contributed by atoms with E-state index in [4.69, 9.17) is 0 Å². The van der Waals surface area contributed by atoms with Crippen molar-refractivity contribution in [3.63, 3.8) is 0 Å². The van der Waals surface area contributed by atoms with Crippen molar-refractivity contribution in [2.45, 2.75) is 32.7 Å². The van der Waals surface area contributed by atoms with Gasteiger partial charge in [0.1, 0.15) is 11.6 Å². The Morgan fingerprint density at radius 3 is 2.25 bits per heavy atom. The van der Waals surface area contributed by atoms with Crippen LogP contribution in [-0.4, -0.2) is 13.1 Å². The first-order valence-electron chi connectivity index (χ1n) is 5.64. The Hall–Kier alpha value is -0.960. The molecule has 0 aliphatic carbocycles. The molecule has 2 atom stereocenters. The Kier molecular flexibility index (Phi) is 4.87. The molecule has 2 unspecified atom stereocenters. The van der Waals surface area contributed by atoms with Gasteiger partial charge in [0.15, 0.2) is 0 Å². The Bertz CT molecular complexity index is 318. The molecule has 1 nitrogen and oxygen atoms in total. The minimum atomic E-state index is -0.441. The molecule has 1 N–H and O–H groups in total. The second kappa shape index (κ2) is 5.94. The summed E-state index contributed by atoms with van der Waals surface area (Å²) >= 11 is 0. The molecule has 0 fully saturated rings. The van der Waals surface area contributed by atoms with Gasteiger partial charge in [0.2, 0.25) is 0 Å². The van der Waals surface area contributed by atoms with Gasteiger partial charge in [0.05, 0.1) is 0 Å². The standard InChI is InChI=1S/C13H19F2N/c1-9(7-10(2)16-3)8-11-12(14)5-4-6-13(11)15/h4-6,9-10,16H,7-8H2,1-3H3. The fraction of sp³-hybridized carbons (Fsp3) is 0.538. The maximum Gasteiger partial charge on any atom is 0.129 e. The van der Waals surface area contributed by atoms with Gasteiger partial charge in [-0.1, -0.05) is 13.0 Å². The van der Waals surface area contributed by atoms with Crippen LogP contribution in [0.3, 0.4) is 0 Å². The monoisotopic (exact) mass is 227 g/mol. The molecule has 0 radical (unpaired) electrons. The highest BCUT2D eigenvalue weighted by Gasteiger charge is 2.14. The van der Waals surface area contributed by atoms with Crippen LogP contribution in [0, 0.1) is 17.6 Å². The number of nitrogens with one attached hydrogen (secondary N) is 1. The second-order valence-corrected chi connectivity index (χ2v) is 4.43. The molecule has 0 aliphatic rings. The third kappa shape index (κ3) is 3.56. The average molecular weight is 227 g/mol. The summed E-state index contributed by atoms with van der Waals surface area (Å²) < 4.78 is 26.7. The lowest BCUT2D eigenvalue weighted by Gasteiger charge is -2.17. The van der Waals surface area contributed by atoms with E-state index in [-0.39, 0.29) is 11.5 Å². The minimum Gasteiger partial charge on any atom is -0.317 e. The van der Waals surface area contributed by atoms with Crippen molar-refractivity contribution < 1.29 is 8.78 Å². The van der Waals surface area contributed by atoms with E-state index in [1.165, 1.54) is 18.2 Å². The Balaban J connectivity index is 2.66. The van der Waals surface area contributed by atoms with Crippen LogP contribution >= 0.6 is 0 Å². The van der Waals surface area contributed by atoms with Crippen LogP contribution in [0.15, 0.2) is 18.2 Å². The number of benzene rings is 1. The average Bonchev–Trinajstić information content (AvgIpc) is 2.23. The maximum absolute atomic E-state index is 13.4. The molecule has 3 heteroatoms. The predicted molar refractivity (Wildman–Crippen MR) is 62.4 cm³/mol. The predicted octanol–water partition coefficient (Wildman–Crippen LogP) is 3.14. The van der Waals surface area contributed by atoms with Gasteiger partial charge in [0.25, 0.3) is 0 Å². The molecule has 1 aromatic carbocycles. The van der Waals surface area contributed by atoms with Gasteiger partial charge >= 0.3 is 0 Å². The van der Waals surface area contributed by atoms with Gasteiger partial charge in [-0.3, -0.25) is 0 Å². The van der Waals surface area contributed by atoms with E-state index >= 15 is 0 Å². The van der Waals surface area contributed by atoms with Gasteiger partial charge < -0.3 is 5.32 Å². The number of rotatable bonds is 5. The number of hydrogen-bond donors (Lipinski definition) is 1. The molecular formula is C13H19F2N. The fourth-order valence-electron chi connectivity index (χ4n) is 1.88. The molecule has 16 heavy (non-hydrogen) atoms. The summed E-state index contributed by atoms with van der Waals surface area (Å²) in [6, 6.07) is 4.39. The highest BCUT2D eigenvalue weighted by atomic mass is 19.1. The molecule has 90 valence electrons. The molecule has 0 amide bonds. The van der Waals surface area contributed by atoms with E-state index in [0.29, 0.717) is 12.5 Å². The van der Waals surface area contributed by atoms with Gasteiger partial charge in [-0.15, -0.1) is 0 Å². The van der Waals surface area contributed by atoms with Crippen molar-refractivity contribution in [2.24, 2.45) is 5.92 Å². The molecule has 1 aromatic rings. The Morgan fingerprint density at radius 1 is 1.19 bits per heavy atom. The van der Waals surface area contributed by atoms with Crippen molar-refractivity contribution in [3.05, 3.63) is 35.4 Å². The third-order valence-corrected chi connectivity index (χ3v) is 2.86. The fourth-order valence-corrected chi connectivity index (χ4v) is 1.88. The van der Waals surface area contributed by atoms with Crippen molar-refractivity contribution in [2.75, 3.05) is 7.05 Å². The van der Waals surface area contributed by atoms with E-state index in [2.05, 4.69) is 12.2 Å². The Labute approximate surface area is 95.9 Å². The lowest BCUT2D eigenvalue weighted by Crippen LogP contribution is -2.24. The topological polar surface area (TPSA) is 12.0 Å². The van der Waals surface area contributed by atoms with Crippen molar-refractivity contribution in [1.29, 1.82) is 0 Å². The van der Waals surface area contributed by atoms with E-state index < -0.39 is 11.6 Å². The van der Waals surface area contributed by atoms with Crippen LogP contribution in [0.1, 0.15) is 25.8 Å². The third-order valence-electron chi connectivity index (χ3n) is 2.86. The summed E-state index contributed by atoms with van der Waals surface area (Å²) in [6.45, 7) is 4.08. The zero-order valence-corrected chi connectivity index (χ0v) is 10.1. The first kappa shape index (κ1) is 13.1. The normalized spacial score (nSPS) is 14.8. The highest BCUT2D eigenvalue weighted by Crippen LogP contribution is 2.19. The molecule has 0 saturated heterocycles. The highest BCUT2D eigenvalue weighted by molar-refractivity contribution is 5.20. The van der Waals surface area contributed by atoms with Crippen molar-refractivity contribution >= 4 is 0 Å². The molecule has 0 aliphatic heterocycles. The summed E-state index contributed by atoms with van der Waals surface area (Å²) in [5, 5.41) is 3.12. The summed E-state index contributed by atoms with van der Waals surface area (Å²) in [4.78, 5) is 0. The minimum absolute atomic E-state index is 0.207. The smallest absolute Gasteiger partial charge is 0.129 e. The molecular weight excluding hydrogens is 208 g/mol. The Morgan fingerprint density at radius 2 is 1.75 bits per heavy atom. The van der Waals surface area contributed by atoms with Gasteiger partial charge in [-0.25, -0.2) is 8.78 Å². The van der Waals surface area contributed by atoms with Crippen LogP contribution < -0.4 is 5.32 Å². The first-order valence-corrected chi connectivity index (χ1v) is 5.64. The summed E-state index contributed by atoms with van der Waals surface area (Å²) in [6.07, 6.45) is 1.36. The molecule has 0 aromatic heterocycles. The van der Waals surface area contributed by atoms with Crippen LogP contribution in [0.25, 0.3) is 0 Å². The first-order chi connectivity index (χ1) is 7.54. The van der Waals surface area contributed by atoms with Crippen LogP contribution in [-0.2, 0) is 6.42 Å². The summed E-state index contributed by atoms with van der Waals surface area (Å²) in [7, 11) is 1.89. The van der Waals surface area contributed by atoms with E-state index in [9.17, 15) is 8.78 Å². The van der Waals surface area contributed by atoms with Gasteiger partial charge in [0, 0.05) is 11.6 Å². The van der Waals surface area contributed by atoms with Crippen molar-refractivity contribution in [1.82, 2.24) is 5.32 Å². The van der Waals surface area contributed by atoms with E-state index in [1.54, 1.807) is 0 Å². The SMILES string of the molecule is CNC(C)CC(C)Cc1c(F)cccc1F. The molecule has 0 heterocycles. The number of halogens is 2. The zero-order chi connectivity index (χ0) is 12.1. The van der Waals surface area contributed by atoms with E-state index in [1.807, 2.05) is 14.0 Å². The van der Waals surface area contributed by atoms with Gasteiger partial charge in [-0.2, -0.15) is 0 Å². The van der Waals surface area contributed by atoms with Gasteiger partial charge in [-0.05, 0) is 44.9 Å². The quantitative estimate of drug-likeness (QED) is 0.814. The lowest BCUT2D eigenvalue weighted by molar-refractivity contribution is 0.425. The molecule has 1 rings (SSSR count). The molecule has 0 spiro atoms. The van der Waals surface area contributed by atoms with Crippen LogP contribution in [0.5, 0.6) is 0 Å².